The van der Waals surface area contributed by atoms with Crippen LogP contribution in [0.4, 0.5) is 4.39 Å². The van der Waals surface area contributed by atoms with Crippen LogP contribution >= 0.6 is 0 Å². The molecule has 3 heterocycles. The van der Waals surface area contributed by atoms with Gasteiger partial charge in [-0.15, -0.1) is 0 Å². The van der Waals surface area contributed by atoms with E-state index in [2.05, 4.69) is 11.1 Å². The van der Waals surface area contributed by atoms with Gasteiger partial charge in [-0.1, -0.05) is 0 Å². The number of nitriles is 1. The molecule has 2 unspecified atom stereocenters. The lowest BCUT2D eigenvalue weighted by molar-refractivity contribution is -0.168. The molecule has 3 rings (SSSR count). The van der Waals surface area contributed by atoms with Crippen LogP contribution in [0.2, 0.25) is 0 Å². The lowest BCUT2D eigenvalue weighted by atomic mass is 9.62. The standard InChI is InChI=1S/C18H21FN2O4/c1-23-16(22)14(10-20)18(15-3-2-13(19)11-21-15)6-9-25-17(12-18)4-7-24-8-5-17/h2-3,11,14H,4-9,12H2,1H3. The van der Waals surface area contributed by atoms with Gasteiger partial charge in [-0.05, 0) is 37.8 Å². The van der Waals surface area contributed by atoms with Gasteiger partial charge in [0.25, 0.3) is 0 Å². The van der Waals surface area contributed by atoms with Gasteiger partial charge in [0.1, 0.15) is 5.82 Å². The maximum Gasteiger partial charge on any atom is 0.324 e. The highest BCUT2D eigenvalue weighted by Gasteiger charge is 2.54. The highest BCUT2D eigenvalue weighted by Crippen LogP contribution is 2.49. The predicted molar refractivity (Wildman–Crippen MR) is 85.0 cm³/mol. The minimum Gasteiger partial charge on any atom is -0.468 e. The second-order valence-corrected chi connectivity index (χ2v) is 6.67. The van der Waals surface area contributed by atoms with Gasteiger partial charge in [0.05, 0.1) is 25.0 Å². The van der Waals surface area contributed by atoms with Gasteiger partial charge in [0.2, 0.25) is 0 Å². The number of ether oxygens (including phenoxy) is 3. The molecule has 2 fully saturated rings. The summed E-state index contributed by atoms with van der Waals surface area (Å²) in [6, 6.07) is 4.97. The first-order chi connectivity index (χ1) is 12.1. The summed E-state index contributed by atoms with van der Waals surface area (Å²) in [6.07, 6.45) is 3.40. The number of carbonyl (C=O) groups excluding carboxylic acids is 1. The number of esters is 1. The van der Waals surface area contributed by atoms with Crippen molar-refractivity contribution < 1.29 is 23.4 Å². The number of methoxy groups -OCH3 is 1. The summed E-state index contributed by atoms with van der Waals surface area (Å²) in [7, 11) is 1.27. The molecule has 1 spiro atoms. The average molecular weight is 348 g/mol. The number of carbonyl (C=O) groups is 1. The van der Waals surface area contributed by atoms with Crippen LogP contribution in [0.1, 0.15) is 31.4 Å². The minimum atomic E-state index is -1.03. The second-order valence-electron chi connectivity index (χ2n) is 6.67. The van der Waals surface area contributed by atoms with E-state index in [1.807, 2.05) is 0 Å². The van der Waals surface area contributed by atoms with Crippen molar-refractivity contribution in [3.8, 4) is 6.07 Å². The molecule has 0 amide bonds. The van der Waals surface area contributed by atoms with E-state index in [1.54, 1.807) is 6.07 Å². The molecular weight excluding hydrogens is 327 g/mol. The normalized spacial score (nSPS) is 26.6. The Morgan fingerprint density at radius 3 is 2.72 bits per heavy atom. The largest absolute Gasteiger partial charge is 0.468 e. The molecular formula is C18H21FN2O4. The first-order valence-corrected chi connectivity index (χ1v) is 8.36. The van der Waals surface area contributed by atoms with Gasteiger partial charge in [-0.2, -0.15) is 5.26 Å². The Morgan fingerprint density at radius 2 is 2.12 bits per heavy atom. The predicted octanol–water partition coefficient (Wildman–Crippen LogP) is 2.13. The average Bonchev–Trinajstić information content (AvgIpc) is 2.63. The molecule has 2 aliphatic heterocycles. The highest BCUT2D eigenvalue weighted by molar-refractivity contribution is 5.77. The van der Waals surface area contributed by atoms with Crippen LogP contribution in [0.15, 0.2) is 18.3 Å². The van der Waals surface area contributed by atoms with E-state index in [1.165, 1.54) is 13.2 Å². The van der Waals surface area contributed by atoms with E-state index < -0.39 is 28.7 Å². The third-order valence-corrected chi connectivity index (χ3v) is 5.35. The zero-order valence-corrected chi connectivity index (χ0v) is 14.2. The summed E-state index contributed by atoms with van der Waals surface area (Å²) >= 11 is 0. The summed E-state index contributed by atoms with van der Waals surface area (Å²) in [6.45, 7) is 1.54. The van der Waals surface area contributed by atoms with Crippen LogP contribution in [0, 0.1) is 23.1 Å². The molecule has 2 atom stereocenters. The molecule has 25 heavy (non-hydrogen) atoms. The molecule has 0 bridgehead atoms. The van der Waals surface area contributed by atoms with Crippen LogP contribution < -0.4 is 0 Å². The Kier molecular flexibility index (Phi) is 5.02. The monoisotopic (exact) mass is 348 g/mol. The molecule has 0 aromatic carbocycles. The minimum absolute atomic E-state index is 0.397. The van der Waals surface area contributed by atoms with Crippen LogP contribution in [0.25, 0.3) is 0 Å². The third-order valence-electron chi connectivity index (χ3n) is 5.35. The molecule has 0 saturated carbocycles. The van der Waals surface area contributed by atoms with Gasteiger partial charge >= 0.3 is 5.97 Å². The Labute approximate surface area is 145 Å². The Morgan fingerprint density at radius 1 is 1.36 bits per heavy atom. The second kappa shape index (κ2) is 7.06. The van der Waals surface area contributed by atoms with Crippen molar-refractivity contribution in [1.29, 1.82) is 5.26 Å². The van der Waals surface area contributed by atoms with Crippen molar-refractivity contribution in [3.63, 3.8) is 0 Å². The fourth-order valence-electron chi connectivity index (χ4n) is 4.03. The molecule has 7 heteroatoms. The van der Waals surface area contributed by atoms with Crippen LogP contribution in [0.5, 0.6) is 0 Å². The van der Waals surface area contributed by atoms with E-state index in [0.717, 1.165) is 6.20 Å². The Bertz CT molecular complexity index is 661. The number of nitrogens with zero attached hydrogens (tertiary/aromatic N) is 2. The molecule has 0 aliphatic carbocycles. The number of rotatable bonds is 3. The quantitative estimate of drug-likeness (QED) is 0.779. The highest BCUT2D eigenvalue weighted by atomic mass is 19.1. The van der Waals surface area contributed by atoms with E-state index in [-0.39, 0.29) is 0 Å². The molecule has 6 nitrogen and oxygen atoms in total. The smallest absolute Gasteiger partial charge is 0.324 e. The maximum absolute atomic E-state index is 13.4. The number of pyridine rings is 1. The van der Waals surface area contributed by atoms with E-state index in [0.29, 0.717) is 51.2 Å². The van der Waals surface area contributed by atoms with Crippen LogP contribution in [-0.2, 0) is 24.4 Å². The van der Waals surface area contributed by atoms with E-state index >= 15 is 0 Å². The lowest BCUT2D eigenvalue weighted by Crippen LogP contribution is -2.54. The molecule has 2 aliphatic rings. The first-order valence-electron chi connectivity index (χ1n) is 8.36. The maximum atomic E-state index is 13.4. The van der Waals surface area contributed by atoms with Crippen molar-refractivity contribution >= 4 is 5.97 Å². The SMILES string of the molecule is COC(=O)C(C#N)C1(c2ccc(F)cn2)CCOC2(CCOCC2)C1. The number of hydrogen-bond donors (Lipinski definition) is 0. The molecule has 1 aromatic rings. The van der Waals surface area contributed by atoms with Gasteiger partial charge in [-0.25, -0.2) is 4.39 Å². The van der Waals surface area contributed by atoms with Crippen LogP contribution in [-0.4, -0.2) is 43.5 Å². The van der Waals surface area contributed by atoms with Crippen molar-refractivity contribution in [2.24, 2.45) is 5.92 Å². The molecule has 1 aromatic heterocycles. The zero-order valence-electron chi connectivity index (χ0n) is 14.2. The van der Waals surface area contributed by atoms with E-state index in [4.69, 9.17) is 14.2 Å². The molecule has 0 N–H and O–H groups in total. The topological polar surface area (TPSA) is 81.4 Å². The van der Waals surface area contributed by atoms with Crippen molar-refractivity contribution in [1.82, 2.24) is 4.98 Å². The number of hydrogen-bond acceptors (Lipinski definition) is 6. The third kappa shape index (κ3) is 3.24. The van der Waals surface area contributed by atoms with Crippen molar-refractivity contribution in [2.75, 3.05) is 26.9 Å². The molecule has 134 valence electrons. The number of halogens is 1. The summed E-state index contributed by atoms with van der Waals surface area (Å²) in [4.78, 5) is 16.6. The molecule has 2 saturated heterocycles. The van der Waals surface area contributed by atoms with Gasteiger partial charge in [-0.3, -0.25) is 9.78 Å². The summed E-state index contributed by atoms with van der Waals surface area (Å²) in [5.74, 6) is -2.09. The van der Waals surface area contributed by atoms with Gasteiger partial charge < -0.3 is 14.2 Å². The van der Waals surface area contributed by atoms with Crippen molar-refractivity contribution in [2.45, 2.75) is 36.7 Å². The fraction of sp³-hybridized carbons (Fsp3) is 0.611. The summed E-state index contributed by atoms with van der Waals surface area (Å²) in [5, 5.41) is 9.73. The van der Waals surface area contributed by atoms with Gasteiger partial charge in [0, 0.05) is 30.9 Å². The molecule has 0 radical (unpaired) electrons. The fourth-order valence-corrected chi connectivity index (χ4v) is 4.03. The van der Waals surface area contributed by atoms with Crippen LogP contribution in [0.3, 0.4) is 0 Å². The van der Waals surface area contributed by atoms with Crippen molar-refractivity contribution in [3.05, 3.63) is 29.8 Å². The summed E-state index contributed by atoms with van der Waals surface area (Å²) < 4.78 is 29.8. The Hall–Kier alpha value is -2.04. The summed E-state index contributed by atoms with van der Waals surface area (Å²) in [5.41, 5.74) is -0.805. The van der Waals surface area contributed by atoms with E-state index in [9.17, 15) is 14.4 Å². The first kappa shape index (κ1) is 17.8. The van der Waals surface area contributed by atoms with Gasteiger partial charge in [0.15, 0.2) is 5.92 Å². The zero-order chi connectivity index (χ0) is 17.9. The Balaban J connectivity index is 2.06. The lowest BCUT2D eigenvalue weighted by Gasteiger charge is -2.50. The number of aromatic nitrogens is 1.